The van der Waals surface area contributed by atoms with Crippen molar-refractivity contribution < 1.29 is 9.72 Å². The van der Waals surface area contributed by atoms with Crippen molar-refractivity contribution in [2.45, 2.75) is 6.92 Å². The quantitative estimate of drug-likeness (QED) is 0.291. The van der Waals surface area contributed by atoms with Gasteiger partial charge in [-0.05, 0) is 43.3 Å². The highest BCUT2D eigenvalue weighted by Gasteiger charge is 2.24. The second-order valence-corrected chi connectivity index (χ2v) is 7.09. The molecule has 0 atom stereocenters. The highest BCUT2D eigenvalue weighted by molar-refractivity contribution is 6.33. The fourth-order valence-corrected chi connectivity index (χ4v) is 3.28. The number of aryl methyl sites for hydroxylation is 1. The third kappa shape index (κ3) is 4.25. The molecule has 2 aromatic heterocycles. The Kier molecular flexibility index (Phi) is 5.77. The molecule has 2 heterocycles. The number of aromatic nitrogens is 3. The first-order valence-electron chi connectivity index (χ1n) is 9.37. The van der Waals surface area contributed by atoms with Crippen molar-refractivity contribution >= 4 is 51.4 Å². The molecule has 0 spiro atoms. The number of hydrogen-bond donors (Lipinski definition) is 3. The van der Waals surface area contributed by atoms with Crippen LogP contribution in [0.25, 0.3) is 10.9 Å². The highest BCUT2D eigenvalue weighted by Crippen LogP contribution is 2.33. The fourth-order valence-electron chi connectivity index (χ4n) is 3.06. The van der Waals surface area contributed by atoms with Gasteiger partial charge in [-0.2, -0.15) is 0 Å². The van der Waals surface area contributed by atoms with E-state index in [1.54, 1.807) is 30.3 Å². The van der Waals surface area contributed by atoms with Gasteiger partial charge in [0.25, 0.3) is 5.91 Å². The number of nitro groups is 1. The molecule has 3 N–H and O–H groups in total. The van der Waals surface area contributed by atoms with Gasteiger partial charge in [-0.25, -0.2) is 9.97 Å². The zero-order valence-corrected chi connectivity index (χ0v) is 17.4. The number of pyridine rings is 1. The lowest BCUT2D eigenvalue weighted by atomic mass is 10.1. The van der Waals surface area contributed by atoms with E-state index in [9.17, 15) is 14.9 Å². The molecule has 0 unspecified atom stereocenters. The minimum absolute atomic E-state index is 0.0485. The molecule has 0 saturated carbocycles. The van der Waals surface area contributed by atoms with Crippen molar-refractivity contribution in [2.24, 2.45) is 0 Å². The summed E-state index contributed by atoms with van der Waals surface area (Å²) in [5, 5.41) is 15.8. The predicted molar refractivity (Wildman–Crippen MR) is 121 cm³/mol. The average Bonchev–Trinajstić information content (AvgIpc) is 2.77. The standard InChI is InChI=1S/C21H16ClN7O3/c1-12-9-10-14-16(25-12)7-4-8-17(14)26-19-18(29(31)32)20(24-11-23-19)27-28-21(30)13-5-2-3-6-15(13)22/h2-11H,1H3,(H,28,30)(H2,23,24,26,27). The number of nitrogens with one attached hydrogen (secondary N) is 3. The summed E-state index contributed by atoms with van der Waals surface area (Å²) in [6.45, 7) is 1.88. The zero-order chi connectivity index (χ0) is 22.7. The highest BCUT2D eigenvalue weighted by atomic mass is 35.5. The van der Waals surface area contributed by atoms with Crippen LogP contribution < -0.4 is 16.2 Å². The second-order valence-electron chi connectivity index (χ2n) is 6.69. The van der Waals surface area contributed by atoms with Gasteiger partial charge in [0.2, 0.25) is 11.6 Å². The minimum atomic E-state index is -0.639. The van der Waals surface area contributed by atoms with Gasteiger partial charge in [0.15, 0.2) is 0 Å². The van der Waals surface area contributed by atoms with Gasteiger partial charge in [-0.1, -0.05) is 29.8 Å². The van der Waals surface area contributed by atoms with Crippen LogP contribution in [0.4, 0.5) is 23.0 Å². The Hall–Kier alpha value is -4.31. The van der Waals surface area contributed by atoms with Crippen LogP contribution in [0.3, 0.4) is 0 Å². The molecule has 0 fully saturated rings. The first-order valence-corrected chi connectivity index (χ1v) is 9.75. The van der Waals surface area contributed by atoms with Crippen molar-refractivity contribution in [1.29, 1.82) is 0 Å². The Labute approximate surface area is 186 Å². The van der Waals surface area contributed by atoms with Crippen molar-refractivity contribution in [3.63, 3.8) is 0 Å². The molecule has 0 aliphatic heterocycles. The van der Waals surface area contributed by atoms with Crippen molar-refractivity contribution in [1.82, 2.24) is 20.4 Å². The first kappa shape index (κ1) is 20.9. The third-order valence-electron chi connectivity index (χ3n) is 4.54. The number of rotatable bonds is 6. The van der Waals surface area contributed by atoms with Gasteiger partial charge in [0.1, 0.15) is 6.33 Å². The number of nitrogens with zero attached hydrogens (tertiary/aromatic N) is 4. The summed E-state index contributed by atoms with van der Waals surface area (Å²) in [6.07, 6.45) is 1.15. The summed E-state index contributed by atoms with van der Waals surface area (Å²) in [7, 11) is 0. The zero-order valence-electron chi connectivity index (χ0n) is 16.7. The summed E-state index contributed by atoms with van der Waals surface area (Å²) in [5.41, 5.74) is 6.79. The first-order chi connectivity index (χ1) is 15.4. The summed E-state index contributed by atoms with van der Waals surface area (Å²) in [5.74, 6) is -0.816. The largest absolute Gasteiger partial charge is 0.355 e. The lowest BCUT2D eigenvalue weighted by Gasteiger charge is -2.12. The number of hydrazine groups is 1. The molecule has 1 amide bonds. The number of hydrogen-bond acceptors (Lipinski definition) is 8. The van der Waals surface area contributed by atoms with E-state index in [4.69, 9.17) is 11.6 Å². The van der Waals surface area contributed by atoms with Gasteiger partial charge >= 0.3 is 5.69 Å². The number of amides is 1. The summed E-state index contributed by atoms with van der Waals surface area (Å²) in [4.78, 5) is 35.9. The molecule has 0 bridgehead atoms. The monoisotopic (exact) mass is 449 g/mol. The van der Waals surface area contributed by atoms with Gasteiger partial charge in [0.05, 0.1) is 21.0 Å². The van der Waals surface area contributed by atoms with Crippen molar-refractivity contribution in [3.05, 3.63) is 87.3 Å². The van der Waals surface area contributed by atoms with E-state index in [0.29, 0.717) is 5.69 Å². The molecular weight excluding hydrogens is 434 g/mol. The van der Waals surface area contributed by atoms with Gasteiger partial charge < -0.3 is 5.32 Å². The maximum Gasteiger partial charge on any atom is 0.355 e. The molecule has 0 saturated heterocycles. The number of benzene rings is 2. The lowest BCUT2D eigenvalue weighted by Crippen LogP contribution is -2.30. The van der Waals surface area contributed by atoms with Gasteiger partial charge in [0, 0.05) is 16.8 Å². The Bertz CT molecular complexity index is 1350. The number of carbonyl (C=O) groups excluding carboxylic acids is 1. The SMILES string of the molecule is Cc1ccc2c(Nc3ncnc(NNC(=O)c4ccccc4Cl)c3[N+](=O)[O-])cccc2n1. The van der Waals surface area contributed by atoms with Crippen LogP contribution in [-0.2, 0) is 0 Å². The van der Waals surface area contributed by atoms with E-state index < -0.39 is 16.5 Å². The normalized spacial score (nSPS) is 10.6. The second kappa shape index (κ2) is 8.82. The summed E-state index contributed by atoms with van der Waals surface area (Å²) in [6, 6.07) is 15.5. The number of carbonyl (C=O) groups is 1. The fraction of sp³-hybridized carbons (Fsp3) is 0.0476. The van der Waals surface area contributed by atoms with Crippen LogP contribution >= 0.6 is 11.6 Å². The van der Waals surface area contributed by atoms with Crippen LogP contribution in [0, 0.1) is 17.0 Å². The van der Waals surface area contributed by atoms with E-state index in [0.717, 1.165) is 22.9 Å². The number of fused-ring (bicyclic) bond motifs is 1. The molecule has 160 valence electrons. The third-order valence-corrected chi connectivity index (χ3v) is 4.87. The molecule has 0 radical (unpaired) electrons. The summed E-state index contributed by atoms with van der Waals surface area (Å²) >= 11 is 6.02. The Morgan fingerprint density at radius 3 is 2.59 bits per heavy atom. The molecule has 0 aliphatic rings. The Morgan fingerprint density at radius 1 is 1.03 bits per heavy atom. The van der Waals surface area contributed by atoms with E-state index in [1.807, 2.05) is 25.1 Å². The average molecular weight is 450 g/mol. The van der Waals surface area contributed by atoms with E-state index in [1.165, 1.54) is 6.07 Å². The Morgan fingerprint density at radius 2 is 1.81 bits per heavy atom. The molecule has 4 rings (SSSR count). The number of halogens is 1. The smallest absolute Gasteiger partial charge is 0.334 e. The maximum absolute atomic E-state index is 12.4. The van der Waals surface area contributed by atoms with E-state index in [-0.39, 0.29) is 22.2 Å². The van der Waals surface area contributed by atoms with Crippen LogP contribution in [-0.4, -0.2) is 25.8 Å². The molecular formula is C21H16ClN7O3. The van der Waals surface area contributed by atoms with E-state index in [2.05, 4.69) is 31.1 Å². The molecule has 2 aromatic carbocycles. The van der Waals surface area contributed by atoms with Gasteiger partial charge in [-0.3, -0.25) is 30.7 Å². The molecule has 0 aliphatic carbocycles. The van der Waals surface area contributed by atoms with Crippen LogP contribution in [0.2, 0.25) is 5.02 Å². The minimum Gasteiger partial charge on any atom is -0.334 e. The molecule has 10 nitrogen and oxygen atoms in total. The lowest BCUT2D eigenvalue weighted by molar-refractivity contribution is -0.383. The van der Waals surface area contributed by atoms with Crippen LogP contribution in [0.5, 0.6) is 0 Å². The van der Waals surface area contributed by atoms with Crippen molar-refractivity contribution in [2.75, 3.05) is 10.7 Å². The molecule has 11 heteroatoms. The van der Waals surface area contributed by atoms with Crippen LogP contribution in [0.1, 0.15) is 16.1 Å². The molecule has 4 aromatic rings. The van der Waals surface area contributed by atoms with Crippen molar-refractivity contribution in [3.8, 4) is 0 Å². The Balaban J connectivity index is 1.64. The van der Waals surface area contributed by atoms with E-state index >= 15 is 0 Å². The topological polar surface area (TPSA) is 135 Å². The van der Waals surface area contributed by atoms with Crippen LogP contribution in [0.15, 0.2) is 60.9 Å². The summed E-state index contributed by atoms with van der Waals surface area (Å²) < 4.78 is 0. The predicted octanol–water partition coefficient (Wildman–Crippen LogP) is 4.40. The molecule has 32 heavy (non-hydrogen) atoms. The van der Waals surface area contributed by atoms with Gasteiger partial charge in [-0.15, -0.1) is 0 Å². The maximum atomic E-state index is 12.4. The number of anilines is 3.